The quantitative estimate of drug-likeness (QED) is 0.446. The fourth-order valence-electron chi connectivity index (χ4n) is 3.37. The van der Waals surface area contributed by atoms with Crippen LogP contribution in [0.1, 0.15) is 39.0 Å². The maximum atomic E-state index is 12.3. The van der Waals surface area contributed by atoms with E-state index in [1.54, 1.807) is 24.3 Å². The van der Waals surface area contributed by atoms with Gasteiger partial charge in [0, 0.05) is 23.2 Å². The van der Waals surface area contributed by atoms with Crippen LogP contribution < -0.4 is 11.1 Å². The molecule has 0 aliphatic heterocycles. The van der Waals surface area contributed by atoms with Gasteiger partial charge in [0.2, 0.25) is 0 Å². The van der Waals surface area contributed by atoms with Gasteiger partial charge in [-0.25, -0.2) is 0 Å². The molecule has 3 aromatic rings. The molecule has 1 atom stereocenters. The van der Waals surface area contributed by atoms with Crippen molar-refractivity contribution in [1.29, 1.82) is 0 Å². The maximum Gasteiger partial charge on any atom is 0.251 e. The zero-order valence-electron chi connectivity index (χ0n) is 18.5. The second-order valence-electron chi connectivity index (χ2n) is 7.75. The van der Waals surface area contributed by atoms with Gasteiger partial charge in [0.25, 0.3) is 5.91 Å². The fourth-order valence-corrected chi connectivity index (χ4v) is 3.37. The van der Waals surface area contributed by atoms with E-state index in [0.29, 0.717) is 5.56 Å². The molecule has 0 heterocycles. The standard InChI is InChI=1S/C28H28N2O3/c29-19-26(27(32)20-31)30-28(33)25-17-15-24(16-18-25)14-13-23-11-9-22(10-12-23)8-4-7-21-5-2-1-3-6-21/h1-3,5-6,9-12,15-18,26,31H,4,7-8,19-20,29H2,(H,30,33)/t26-/m0/s1. The number of benzene rings is 3. The lowest BCUT2D eigenvalue weighted by Crippen LogP contribution is -2.46. The molecule has 0 radical (unpaired) electrons. The molecule has 0 aliphatic carbocycles. The number of ketones is 1. The number of aryl methyl sites for hydroxylation is 2. The summed E-state index contributed by atoms with van der Waals surface area (Å²) in [5.41, 5.74) is 10.2. The number of amides is 1. The highest BCUT2D eigenvalue weighted by molar-refractivity contribution is 5.98. The number of hydrogen-bond acceptors (Lipinski definition) is 4. The molecule has 5 nitrogen and oxygen atoms in total. The number of rotatable bonds is 9. The zero-order chi connectivity index (χ0) is 23.5. The average molecular weight is 441 g/mol. The summed E-state index contributed by atoms with van der Waals surface area (Å²) in [5.74, 6) is 5.31. The summed E-state index contributed by atoms with van der Waals surface area (Å²) in [7, 11) is 0. The van der Waals surface area contributed by atoms with Crippen LogP contribution >= 0.6 is 0 Å². The van der Waals surface area contributed by atoms with Gasteiger partial charge >= 0.3 is 0 Å². The van der Waals surface area contributed by atoms with E-state index in [1.165, 1.54) is 11.1 Å². The molecule has 0 fully saturated rings. The third kappa shape index (κ3) is 7.43. The van der Waals surface area contributed by atoms with E-state index in [4.69, 9.17) is 10.8 Å². The highest BCUT2D eigenvalue weighted by atomic mass is 16.3. The smallest absolute Gasteiger partial charge is 0.251 e. The van der Waals surface area contributed by atoms with Crippen LogP contribution in [0.2, 0.25) is 0 Å². The Morgan fingerprint density at radius 2 is 1.36 bits per heavy atom. The van der Waals surface area contributed by atoms with Gasteiger partial charge in [0.1, 0.15) is 12.6 Å². The van der Waals surface area contributed by atoms with E-state index in [0.717, 1.165) is 30.4 Å². The molecule has 0 aromatic heterocycles. The lowest BCUT2D eigenvalue weighted by molar-refractivity contribution is -0.123. The number of hydrogen-bond donors (Lipinski definition) is 3. The van der Waals surface area contributed by atoms with Gasteiger partial charge in [-0.2, -0.15) is 0 Å². The molecule has 0 saturated carbocycles. The summed E-state index contributed by atoms with van der Waals surface area (Å²) in [4.78, 5) is 23.8. The van der Waals surface area contributed by atoms with Crippen LogP contribution in [-0.4, -0.2) is 36.0 Å². The average Bonchev–Trinajstić information content (AvgIpc) is 2.87. The van der Waals surface area contributed by atoms with E-state index in [1.807, 2.05) is 18.2 Å². The Bertz CT molecular complexity index is 1110. The predicted octanol–water partition coefficient (Wildman–Crippen LogP) is 2.88. The van der Waals surface area contributed by atoms with E-state index >= 15 is 0 Å². The molecule has 0 bridgehead atoms. The predicted molar refractivity (Wildman–Crippen MR) is 130 cm³/mol. The van der Waals surface area contributed by atoms with Crippen LogP contribution in [0.25, 0.3) is 0 Å². The van der Waals surface area contributed by atoms with Crippen LogP contribution in [-0.2, 0) is 17.6 Å². The first-order chi connectivity index (χ1) is 16.1. The molecule has 3 aromatic carbocycles. The van der Waals surface area contributed by atoms with Gasteiger partial charge in [0.05, 0.1) is 0 Å². The molecule has 0 spiro atoms. The lowest BCUT2D eigenvalue weighted by Gasteiger charge is -2.14. The first-order valence-corrected chi connectivity index (χ1v) is 11.0. The summed E-state index contributed by atoms with van der Waals surface area (Å²) in [6, 6.07) is 24.7. The Morgan fingerprint density at radius 1 is 0.818 bits per heavy atom. The Hall–Kier alpha value is -3.72. The highest BCUT2D eigenvalue weighted by Crippen LogP contribution is 2.10. The third-order valence-electron chi connectivity index (χ3n) is 5.31. The van der Waals surface area contributed by atoms with Gasteiger partial charge in [-0.15, -0.1) is 0 Å². The first kappa shape index (κ1) is 23.9. The number of aliphatic hydroxyl groups is 1. The largest absolute Gasteiger partial charge is 0.388 e. The molecular formula is C28H28N2O3. The first-order valence-electron chi connectivity index (χ1n) is 11.0. The van der Waals surface area contributed by atoms with Crippen LogP contribution in [0, 0.1) is 11.8 Å². The summed E-state index contributed by atoms with van der Waals surface area (Å²) >= 11 is 0. The van der Waals surface area contributed by atoms with Crippen molar-refractivity contribution in [3.8, 4) is 11.8 Å². The van der Waals surface area contributed by atoms with E-state index in [-0.39, 0.29) is 6.54 Å². The topological polar surface area (TPSA) is 92.4 Å². The zero-order valence-corrected chi connectivity index (χ0v) is 18.5. The van der Waals surface area contributed by atoms with Gasteiger partial charge in [-0.3, -0.25) is 9.59 Å². The summed E-state index contributed by atoms with van der Waals surface area (Å²) < 4.78 is 0. The van der Waals surface area contributed by atoms with Gasteiger partial charge < -0.3 is 16.2 Å². The second kappa shape index (κ2) is 12.4. The summed E-state index contributed by atoms with van der Waals surface area (Å²) in [5, 5.41) is 11.5. The molecule has 5 heteroatoms. The Morgan fingerprint density at radius 3 is 1.91 bits per heavy atom. The molecule has 0 unspecified atom stereocenters. The molecule has 168 valence electrons. The van der Waals surface area contributed by atoms with Crippen molar-refractivity contribution in [3.63, 3.8) is 0 Å². The highest BCUT2D eigenvalue weighted by Gasteiger charge is 2.18. The number of Topliss-reactive ketones (excluding diaryl/α,β-unsaturated/α-hetero) is 1. The Balaban J connectivity index is 1.53. The Kier molecular flexibility index (Phi) is 8.96. The molecule has 1 amide bonds. The number of nitrogens with two attached hydrogens (primary N) is 1. The number of nitrogens with one attached hydrogen (secondary N) is 1. The normalized spacial score (nSPS) is 11.2. The van der Waals surface area contributed by atoms with Crippen LogP contribution in [0.5, 0.6) is 0 Å². The van der Waals surface area contributed by atoms with Crippen molar-refractivity contribution in [1.82, 2.24) is 5.32 Å². The summed E-state index contributed by atoms with van der Waals surface area (Å²) in [6.07, 6.45) is 3.21. The van der Waals surface area contributed by atoms with Crippen molar-refractivity contribution >= 4 is 11.7 Å². The van der Waals surface area contributed by atoms with Crippen LogP contribution in [0.3, 0.4) is 0 Å². The molecule has 0 aliphatic rings. The lowest BCUT2D eigenvalue weighted by atomic mass is 10.0. The van der Waals surface area contributed by atoms with Crippen molar-refractivity contribution in [3.05, 3.63) is 107 Å². The molecule has 4 N–H and O–H groups in total. The molecule has 0 saturated heterocycles. The van der Waals surface area contributed by atoms with Crippen LogP contribution in [0.4, 0.5) is 0 Å². The Labute approximate surface area is 194 Å². The molecule has 33 heavy (non-hydrogen) atoms. The van der Waals surface area contributed by atoms with Crippen molar-refractivity contribution in [2.75, 3.05) is 13.2 Å². The number of carbonyl (C=O) groups excluding carboxylic acids is 2. The molecule has 3 rings (SSSR count). The van der Waals surface area contributed by atoms with E-state index < -0.39 is 24.3 Å². The SMILES string of the molecule is NC[C@H](NC(=O)c1ccc(C#Cc2ccc(CCCc3ccccc3)cc2)cc1)C(=O)CO. The fraction of sp³-hybridized carbons (Fsp3) is 0.214. The van der Waals surface area contributed by atoms with Crippen molar-refractivity contribution in [2.24, 2.45) is 5.73 Å². The minimum atomic E-state index is -0.900. The minimum absolute atomic E-state index is 0.0689. The van der Waals surface area contributed by atoms with E-state index in [2.05, 4.69) is 53.6 Å². The number of carbonyl (C=O) groups is 2. The van der Waals surface area contributed by atoms with Gasteiger partial charge in [-0.1, -0.05) is 54.3 Å². The second-order valence-corrected chi connectivity index (χ2v) is 7.75. The van der Waals surface area contributed by atoms with Gasteiger partial charge in [0.15, 0.2) is 5.78 Å². The summed E-state index contributed by atoms with van der Waals surface area (Å²) in [6.45, 7) is -0.730. The maximum absolute atomic E-state index is 12.3. The van der Waals surface area contributed by atoms with Crippen molar-refractivity contribution in [2.45, 2.75) is 25.3 Å². The third-order valence-corrected chi connectivity index (χ3v) is 5.31. The van der Waals surface area contributed by atoms with E-state index in [9.17, 15) is 9.59 Å². The van der Waals surface area contributed by atoms with Gasteiger partial charge in [-0.05, 0) is 66.8 Å². The number of aliphatic hydroxyl groups excluding tert-OH is 1. The van der Waals surface area contributed by atoms with Crippen molar-refractivity contribution < 1.29 is 14.7 Å². The minimum Gasteiger partial charge on any atom is -0.388 e. The monoisotopic (exact) mass is 440 g/mol. The molecular weight excluding hydrogens is 412 g/mol. The van der Waals surface area contributed by atoms with Crippen LogP contribution in [0.15, 0.2) is 78.9 Å².